The lowest BCUT2D eigenvalue weighted by Crippen LogP contribution is -2.39. The van der Waals surface area contributed by atoms with Crippen molar-refractivity contribution < 1.29 is 14.8 Å². The zero-order chi connectivity index (χ0) is 16.1. The first kappa shape index (κ1) is 16.4. The van der Waals surface area contributed by atoms with E-state index in [4.69, 9.17) is 5.21 Å². The molecular weight excluding hydrogens is 284 g/mol. The van der Waals surface area contributed by atoms with E-state index in [1.54, 1.807) is 17.6 Å². The topological polar surface area (TPSA) is 94.6 Å². The van der Waals surface area contributed by atoms with Gasteiger partial charge in [0.1, 0.15) is 0 Å². The molecule has 7 heteroatoms. The molecule has 0 unspecified atom stereocenters. The van der Waals surface area contributed by atoms with E-state index in [-0.39, 0.29) is 23.4 Å². The van der Waals surface area contributed by atoms with Crippen LogP contribution in [0.15, 0.2) is 18.3 Å². The Morgan fingerprint density at radius 2 is 2.05 bits per heavy atom. The van der Waals surface area contributed by atoms with Gasteiger partial charge in [-0.15, -0.1) is 0 Å². The van der Waals surface area contributed by atoms with E-state index in [1.807, 2.05) is 6.92 Å². The van der Waals surface area contributed by atoms with Gasteiger partial charge in [0.15, 0.2) is 0 Å². The summed E-state index contributed by atoms with van der Waals surface area (Å²) in [5.74, 6) is -0.500. The quantitative estimate of drug-likeness (QED) is 0.563. The van der Waals surface area contributed by atoms with Crippen LogP contribution in [-0.4, -0.2) is 47.0 Å². The van der Waals surface area contributed by atoms with Crippen LogP contribution in [0.5, 0.6) is 0 Å². The van der Waals surface area contributed by atoms with Crippen LogP contribution in [0.25, 0.3) is 0 Å². The first-order valence-corrected chi connectivity index (χ1v) is 7.40. The van der Waals surface area contributed by atoms with Gasteiger partial charge in [-0.25, -0.2) is 5.48 Å². The predicted octanol–water partition coefficient (Wildman–Crippen LogP) is 0.720. The Labute approximate surface area is 129 Å². The average Bonchev–Trinajstić information content (AvgIpc) is 2.54. The van der Waals surface area contributed by atoms with Crippen LogP contribution >= 0.6 is 0 Å². The van der Waals surface area contributed by atoms with E-state index >= 15 is 0 Å². The van der Waals surface area contributed by atoms with Crippen LogP contribution in [0.1, 0.15) is 41.9 Å². The first-order valence-electron chi connectivity index (χ1n) is 7.40. The standard InChI is InChI=1S/C15H22N4O3/c1-10(13-4-3-12(9-16-13)15(21)18-22)17-14(20)11-5-7-19(2)8-6-11/h3-4,9-11,22H,5-8H2,1-2H3,(H,17,20)(H,18,21)/t10-/m0/s1. The summed E-state index contributed by atoms with van der Waals surface area (Å²) in [5.41, 5.74) is 2.50. The van der Waals surface area contributed by atoms with Crippen molar-refractivity contribution in [1.29, 1.82) is 0 Å². The number of carbonyl (C=O) groups is 2. The number of pyridine rings is 1. The molecule has 0 aliphatic carbocycles. The second-order valence-electron chi connectivity index (χ2n) is 5.72. The van der Waals surface area contributed by atoms with Gasteiger partial charge in [0, 0.05) is 12.1 Å². The summed E-state index contributed by atoms with van der Waals surface area (Å²) in [5, 5.41) is 11.5. The zero-order valence-electron chi connectivity index (χ0n) is 12.9. The van der Waals surface area contributed by atoms with Gasteiger partial charge in [-0.2, -0.15) is 0 Å². The number of hydrogen-bond acceptors (Lipinski definition) is 5. The second-order valence-corrected chi connectivity index (χ2v) is 5.72. The maximum Gasteiger partial charge on any atom is 0.276 e. The SMILES string of the molecule is C[C@H](NC(=O)C1CCN(C)CC1)c1ccc(C(=O)NO)cn1. The lowest BCUT2D eigenvalue weighted by Gasteiger charge is -2.29. The molecule has 0 spiro atoms. The summed E-state index contributed by atoms with van der Waals surface area (Å²) < 4.78 is 0. The van der Waals surface area contributed by atoms with E-state index in [2.05, 4.69) is 22.2 Å². The van der Waals surface area contributed by atoms with Crippen LogP contribution in [0.3, 0.4) is 0 Å². The molecule has 0 saturated carbocycles. The highest BCUT2D eigenvalue weighted by molar-refractivity contribution is 5.92. The maximum absolute atomic E-state index is 12.3. The lowest BCUT2D eigenvalue weighted by atomic mass is 9.96. The highest BCUT2D eigenvalue weighted by atomic mass is 16.5. The van der Waals surface area contributed by atoms with Crippen molar-refractivity contribution in [2.45, 2.75) is 25.8 Å². The molecule has 2 amide bonds. The highest BCUT2D eigenvalue weighted by Gasteiger charge is 2.24. The Hall–Kier alpha value is -1.99. The largest absolute Gasteiger partial charge is 0.348 e. The molecule has 2 heterocycles. The molecule has 120 valence electrons. The first-order chi connectivity index (χ1) is 10.5. The van der Waals surface area contributed by atoms with Crippen molar-refractivity contribution in [3.8, 4) is 0 Å². The Balaban J connectivity index is 1.92. The van der Waals surface area contributed by atoms with Gasteiger partial charge in [0.2, 0.25) is 5.91 Å². The molecule has 22 heavy (non-hydrogen) atoms. The van der Waals surface area contributed by atoms with Crippen molar-refractivity contribution in [2.24, 2.45) is 5.92 Å². The second kappa shape index (κ2) is 7.33. The van der Waals surface area contributed by atoms with Crippen molar-refractivity contribution >= 4 is 11.8 Å². The summed E-state index contributed by atoms with van der Waals surface area (Å²) in [6.07, 6.45) is 3.12. The normalized spacial score (nSPS) is 17.8. The smallest absolute Gasteiger partial charge is 0.276 e. The van der Waals surface area contributed by atoms with E-state index < -0.39 is 5.91 Å². The molecule has 1 aromatic rings. The number of carbonyl (C=O) groups excluding carboxylic acids is 2. The molecule has 1 aromatic heterocycles. The van der Waals surface area contributed by atoms with Crippen molar-refractivity contribution in [2.75, 3.05) is 20.1 Å². The zero-order valence-corrected chi connectivity index (χ0v) is 12.9. The average molecular weight is 306 g/mol. The summed E-state index contributed by atoms with van der Waals surface area (Å²) in [4.78, 5) is 29.9. The van der Waals surface area contributed by atoms with Crippen molar-refractivity contribution in [1.82, 2.24) is 20.7 Å². The summed E-state index contributed by atoms with van der Waals surface area (Å²) >= 11 is 0. The Morgan fingerprint density at radius 3 is 2.59 bits per heavy atom. The molecule has 0 bridgehead atoms. The minimum atomic E-state index is -0.609. The molecule has 1 aliphatic rings. The number of likely N-dealkylation sites (tertiary alicyclic amines) is 1. The van der Waals surface area contributed by atoms with Gasteiger partial charge < -0.3 is 10.2 Å². The van der Waals surface area contributed by atoms with Gasteiger partial charge in [-0.1, -0.05) is 0 Å². The summed E-state index contributed by atoms with van der Waals surface area (Å²) in [7, 11) is 2.06. The number of rotatable bonds is 4. The fourth-order valence-electron chi connectivity index (χ4n) is 2.54. The molecule has 0 radical (unpaired) electrons. The molecule has 2 rings (SSSR count). The van der Waals surface area contributed by atoms with Crippen LogP contribution in [0.2, 0.25) is 0 Å². The van der Waals surface area contributed by atoms with Crippen LogP contribution in [-0.2, 0) is 4.79 Å². The number of nitrogens with zero attached hydrogens (tertiary/aromatic N) is 2. The molecule has 1 fully saturated rings. The molecule has 7 nitrogen and oxygen atoms in total. The predicted molar refractivity (Wildman–Crippen MR) is 80.3 cm³/mol. The van der Waals surface area contributed by atoms with Crippen LogP contribution in [0.4, 0.5) is 0 Å². The minimum absolute atomic E-state index is 0.0538. The Kier molecular flexibility index (Phi) is 5.46. The maximum atomic E-state index is 12.3. The van der Waals surface area contributed by atoms with Crippen LogP contribution < -0.4 is 10.8 Å². The van der Waals surface area contributed by atoms with E-state index in [0.29, 0.717) is 5.69 Å². The lowest BCUT2D eigenvalue weighted by molar-refractivity contribution is -0.127. The van der Waals surface area contributed by atoms with Crippen molar-refractivity contribution in [3.05, 3.63) is 29.6 Å². The van der Waals surface area contributed by atoms with E-state index in [0.717, 1.165) is 25.9 Å². The molecule has 1 aliphatic heterocycles. The van der Waals surface area contributed by atoms with Crippen molar-refractivity contribution in [3.63, 3.8) is 0 Å². The fraction of sp³-hybridized carbons (Fsp3) is 0.533. The molecule has 1 saturated heterocycles. The number of hydroxylamine groups is 1. The molecule has 0 aromatic carbocycles. The summed E-state index contributed by atoms with van der Waals surface area (Å²) in [6, 6.07) is 3.01. The van der Waals surface area contributed by atoms with Gasteiger partial charge in [0.05, 0.1) is 17.3 Å². The Bertz CT molecular complexity index is 524. The number of nitrogens with one attached hydrogen (secondary N) is 2. The van der Waals surface area contributed by atoms with E-state index in [1.165, 1.54) is 6.20 Å². The van der Waals surface area contributed by atoms with Gasteiger partial charge in [0.25, 0.3) is 5.91 Å². The molecular formula is C15H22N4O3. The number of piperidine rings is 1. The number of amides is 2. The fourth-order valence-corrected chi connectivity index (χ4v) is 2.54. The monoisotopic (exact) mass is 306 g/mol. The van der Waals surface area contributed by atoms with Gasteiger partial charge in [-0.05, 0) is 52.0 Å². The van der Waals surface area contributed by atoms with E-state index in [9.17, 15) is 9.59 Å². The third kappa shape index (κ3) is 4.02. The number of aromatic nitrogens is 1. The molecule has 1 atom stereocenters. The third-order valence-electron chi connectivity index (χ3n) is 4.04. The molecule has 3 N–H and O–H groups in total. The van der Waals surface area contributed by atoms with Gasteiger partial charge in [-0.3, -0.25) is 19.8 Å². The van der Waals surface area contributed by atoms with Crippen LogP contribution in [0, 0.1) is 5.92 Å². The third-order valence-corrected chi connectivity index (χ3v) is 4.04. The highest BCUT2D eigenvalue weighted by Crippen LogP contribution is 2.18. The minimum Gasteiger partial charge on any atom is -0.348 e. The summed E-state index contributed by atoms with van der Waals surface area (Å²) in [6.45, 7) is 3.74. The number of hydrogen-bond donors (Lipinski definition) is 3. The van der Waals surface area contributed by atoms with Gasteiger partial charge >= 0.3 is 0 Å². The Morgan fingerprint density at radius 1 is 1.36 bits per heavy atom.